The van der Waals surface area contributed by atoms with E-state index in [2.05, 4.69) is 4.98 Å². The van der Waals surface area contributed by atoms with Crippen molar-refractivity contribution in [2.75, 3.05) is 20.8 Å². The number of nitrogens with zero attached hydrogens (tertiary/aromatic N) is 1. The quantitative estimate of drug-likeness (QED) is 0.744. The third-order valence-electron chi connectivity index (χ3n) is 2.37. The smallest absolute Gasteiger partial charge is 0.312 e. The third kappa shape index (κ3) is 3.52. The molecule has 0 aliphatic rings. The highest BCUT2D eigenvalue weighted by atomic mass is 19.3. The van der Waals surface area contributed by atoms with Crippen molar-refractivity contribution in [1.82, 2.24) is 4.98 Å². The van der Waals surface area contributed by atoms with Gasteiger partial charge in [-0.15, -0.1) is 0 Å². The molecule has 0 spiro atoms. The maximum atomic E-state index is 13.0. The van der Waals surface area contributed by atoms with Gasteiger partial charge in [-0.25, -0.2) is 8.78 Å². The summed E-state index contributed by atoms with van der Waals surface area (Å²) in [6, 6.07) is 0. The standard InChI is InChI=1S/C12H15F2NO4/c1-4-19-9(16)5-7-11(18-3)10(12(13)14)8(17-2)6-15-7/h6,12H,4-5H2,1-3H3. The SMILES string of the molecule is CCOC(=O)Cc1ncc(OC)c(C(F)F)c1OC. The van der Waals surface area contributed by atoms with Crippen LogP contribution in [0.5, 0.6) is 11.5 Å². The van der Waals surface area contributed by atoms with Gasteiger partial charge in [0.2, 0.25) is 0 Å². The topological polar surface area (TPSA) is 57.7 Å². The average Bonchev–Trinajstić information content (AvgIpc) is 2.38. The average molecular weight is 275 g/mol. The summed E-state index contributed by atoms with van der Waals surface area (Å²) in [6.07, 6.45) is -1.90. The highest BCUT2D eigenvalue weighted by Crippen LogP contribution is 2.38. The second kappa shape index (κ2) is 6.86. The van der Waals surface area contributed by atoms with E-state index in [0.717, 1.165) is 6.20 Å². The molecule has 106 valence electrons. The Hall–Kier alpha value is -1.92. The molecule has 1 aromatic heterocycles. The van der Waals surface area contributed by atoms with Gasteiger partial charge in [0.05, 0.1) is 39.1 Å². The molecule has 0 aliphatic carbocycles. The number of ether oxygens (including phenoxy) is 3. The van der Waals surface area contributed by atoms with Gasteiger partial charge in [0.15, 0.2) is 5.75 Å². The molecule has 0 radical (unpaired) electrons. The third-order valence-corrected chi connectivity index (χ3v) is 2.37. The number of rotatable bonds is 6. The number of halogens is 2. The summed E-state index contributed by atoms with van der Waals surface area (Å²) in [6.45, 7) is 1.86. The van der Waals surface area contributed by atoms with Gasteiger partial charge >= 0.3 is 5.97 Å². The van der Waals surface area contributed by atoms with E-state index < -0.39 is 18.0 Å². The van der Waals surface area contributed by atoms with Gasteiger partial charge in [0.25, 0.3) is 6.43 Å². The molecule has 7 heteroatoms. The van der Waals surface area contributed by atoms with E-state index in [1.807, 2.05) is 0 Å². The normalized spacial score (nSPS) is 10.4. The van der Waals surface area contributed by atoms with E-state index in [4.69, 9.17) is 14.2 Å². The van der Waals surface area contributed by atoms with Gasteiger partial charge in [-0.2, -0.15) is 0 Å². The van der Waals surface area contributed by atoms with Crippen LogP contribution in [0.15, 0.2) is 6.20 Å². The molecule has 0 aromatic carbocycles. The molecule has 0 saturated carbocycles. The predicted molar refractivity (Wildman–Crippen MR) is 62.6 cm³/mol. The molecular formula is C12H15F2NO4. The zero-order valence-corrected chi connectivity index (χ0v) is 10.9. The van der Waals surface area contributed by atoms with Crippen LogP contribution in [0.3, 0.4) is 0 Å². The zero-order chi connectivity index (χ0) is 14.4. The summed E-state index contributed by atoms with van der Waals surface area (Å²) < 4.78 is 40.5. The minimum atomic E-state index is -2.80. The fraction of sp³-hybridized carbons (Fsp3) is 0.500. The van der Waals surface area contributed by atoms with E-state index >= 15 is 0 Å². The van der Waals surface area contributed by atoms with Crippen molar-refractivity contribution in [2.45, 2.75) is 19.8 Å². The molecule has 0 N–H and O–H groups in total. The monoisotopic (exact) mass is 275 g/mol. The largest absolute Gasteiger partial charge is 0.494 e. The molecule has 0 aliphatic heterocycles. The lowest BCUT2D eigenvalue weighted by molar-refractivity contribution is -0.142. The van der Waals surface area contributed by atoms with E-state index in [9.17, 15) is 13.6 Å². The number of alkyl halides is 2. The van der Waals surface area contributed by atoms with E-state index in [1.54, 1.807) is 6.92 Å². The van der Waals surface area contributed by atoms with Crippen molar-refractivity contribution in [3.8, 4) is 11.5 Å². The number of carbonyl (C=O) groups is 1. The van der Waals surface area contributed by atoms with Gasteiger partial charge in [-0.3, -0.25) is 9.78 Å². The molecule has 0 bridgehead atoms. The maximum absolute atomic E-state index is 13.0. The van der Waals surface area contributed by atoms with Gasteiger partial charge in [-0.1, -0.05) is 0 Å². The molecule has 0 fully saturated rings. The highest BCUT2D eigenvalue weighted by molar-refractivity contribution is 5.73. The van der Waals surface area contributed by atoms with Crippen molar-refractivity contribution < 1.29 is 27.8 Å². The first-order valence-corrected chi connectivity index (χ1v) is 5.58. The number of hydrogen-bond donors (Lipinski definition) is 0. The van der Waals surface area contributed by atoms with Crippen LogP contribution in [0.2, 0.25) is 0 Å². The number of hydrogen-bond acceptors (Lipinski definition) is 5. The van der Waals surface area contributed by atoms with Crippen molar-refractivity contribution in [3.63, 3.8) is 0 Å². The summed E-state index contributed by atoms with van der Waals surface area (Å²) in [7, 11) is 2.49. The van der Waals surface area contributed by atoms with Crippen LogP contribution in [0, 0.1) is 0 Å². The summed E-state index contributed by atoms with van der Waals surface area (Å²) in [5.41, 5.74) is -0.323. The Bertz CT molecular complexity index is 452. The molecule has 5 nitrogen and oxygen atoms in total. The second-order valence-corrected chi connectivity index (χ2v) is 3.50. The molecule has 19 heavy (non-hydrogen) atoms. The van der Waals surface area contributed by atoms with Crippen LogP contribution in [-0.4, -0.2) is 31.8 Å². The molecule has 1 aromatic rings. The Morgan fingerprint density at radius 3 is 2.53 bits per heavy atom. The second-order valence-electron chi connectivity index (χ2n) is 3.50. The lowest BCUT2D eigenvalue weighted by atomic mass is 10.1. The van der Waals surface area contributed by atoms with E-state index in [0.29, 0.717) is 0 Å². The number of carbonyl (C=O) groups excluding carboxylic acids is 1. The number of methoxy groups -OCH3 is 2. The Morgan fingerprint density at radius 2 is 2.05 bits per heavy atom. The van der Waals surface area contributed by atoms with Crippen molar-refractivity contribution in [1.29, 1.82) is 0 Å². The maximum Gasteiger partial charge on any atom is 0.312 e. The molecule has 1 rings (SSSR count). The van der Waals surface area contributed by atoms with E-state index in [1.165, 1.54) is 14.2 Å². The molecular weight excluding hydrogens is 260 g/mol. The Labute approximate surface area is 109 Å². The molecule has 0 saturated heterocycles. The van der Waals surface area contributed by atoms with Gasteiger partial charge in [0.1, 0.15) is 11.3 Å². The first kappa shape index (κ1) is 15.1. The summed E-state index contributed by atoms with van der Waals surface area (Å²) in [4.78, 5) is 15.3. The van der Waals surface area contributed by atoms with Gasteiger partial charge < -0.3 is 14.2 Å². The van der Waals surface area contributed by atoms with Crippen LogP contribution >= 0.6 is 0 Å². The van der Waals surface area contributed by atoms with Crippen LogP contribution < -0.4 is 9.47 Å². The number of pyridine rings is 1. The summed E-state index contributed by atoms with van der Waals surface area (Å²) in [5.74, 6) is -0.791. The van der Waals surface area contributed by atoms with Crippen LogP contribution in [0.1, 0.15) is 24.6 Å². The van der Waals surface area contributed by atoms with Crippen molar-refractivity contribution in [3.05, 3.63) is 17.5 Å². The predicted octanol–water partition coefficient (Wildman–Crippen LogP) is 2.14. The van der Waals surface area contributed by atoms with E-state index in [-0.39, 0.29) is 30.2 Å². The summed E-state index contributed by atoms with van der Waals surface area (Å²) >= 11 is 0. The highest BCUT2D eigenvalue weighted by Gasteiger charge is 2.25. The lowest BCUT2D eigenvalue weighted by Crippen LogP contribution is -2.11. The van der Waals surface area contributed by atoms with Gasteiger partial charge in [0, 0.05) is 0 Å². The number of aromatic nitrogens is 1. The van der Waals surface area contributed by atoms with Crippen LogP contribution in [-0.2, 0) is 16.0 Å². The first-order valence-electron chi connectivity index (χ1n) is 5.58. The minimum Gasteiger partial charge on any atom is -0.494 e. The molecule has 0 atom stereocenters. The van der Waals surface area contributed by atoms with Crippen LogP contribution in [0.4, 0.5) is 8.78 Å². The number of esters is 1. The first-order chi connectivity index (χ1) is 9.04. The van der Waals surface area contributed by atoms with Crippen molar-refractivity contribution in [2.24, 2.45) is 0 Å². The fourth-order valence-electron chi connectivity index (χ4n) is 1.60. The minimum absolute atomic E-state index is 0.0838. The molecule has 0 amide bonds. The molecule has 1 heterocycles. The Morgan fingerprint density at radius 1 is 1.37 bits per heavy atom. The lowest BCUT2D eigenvalue weighted by Gasteiger charge is -2.15. The molecule has 0 unspecified atom stereocenters. The van der Waals surface area contributed by atoms with Gasteiger partial charge in [-0.05, 0) is 6.92 Å². The van der Waals surface area contributed by atoms with Crippen molar-refractivity contribution >= 4 is 5.97 Å². The summed E-state index contributed by atoms with van der Waals surface area (Å²) in [5, 5.41) is 0. The van der Waals surface area contributed by atoms with Crippen LogP contribution in [0.25, 0.3) is 0 Å². The fourth-order valence-corrected chi connectivity index (χ4v) is 1.60. The Balaban J connectivity index is 3.19. The Kier molecular flexibility index (Phi) is 5.47. The zero-order valence-electron chi connectivity index (χ0n) is 10.9.